The Kier molecular flexibility index (Phi) is 6.26. The van der Waals surface area contributed by atoms with Crippen molar-refractivity contribution in [2.45, 2.75) is 17.7 Å². The van der Waals surface area contributed by atoms with E-state index in [1.54, 1.807) is 22.9 Å². The lowest BCUT2D eigenvalue weighted by Crippen LogP contribution is -2.07. The molecule has 0 saturated carbocycles. The minimum atomic E-state index is -3.33. The molecule has 3 aromatic rings. The highest BCUT2D eigenvalue weighted by Gasteiger charge is 2.17. The Balaban J connectivity index is 1.93. The van der Waals surface area contributed by atoms with Crippen molar-refractivity contribution in [1.82, 2.24) is 9.78 Å². The molecule has 0 unspecified atom stereocenters. The van der Waals surface area contributed by atoms with Crippen molar-refractivity contribution in [3.05, 3.63) is 76.5 Å². The summed E-state index contributed by atoms with van der Waals surface area (Å²) < 4.78 is 25.0. The molecular formula is C20H19N3O6S. The van der Waals surface area contributed by atoms with Crippen LogP contribution in [0.15, 0.2) is 65.6 Å². The molecule has 0 radical (unpaired) electrons. The number of benzene rings is 2. The van der Waals surface area contributed by atoms with Gasteiger partial charge in [0.1, 0.15) is 5.69 Å². The molecule has 0 aliphatic rings. The molecular weight excluding hydrogens is 410 g/mol. The van der Waals surface area contributed by atoms with Crippen molar-refractivity contribution in [3.63, 3.8) is 0 Å². The number of para-hydroxylation sites is 1. The highest BCUT2D eigenvalue weighted by molar-refractivity contribution is 7.90. The van der Waals surface area contributed by atoms with Crippen LogP contribution in [0.1, 0.15) is 23.3 Å². The number of hydrogen-bond donors (Lipinski definition) is 0. The van der Waals surface area contributed by atoms with Crippen LogP contribution in [0.2, 0.25) is 0 Å². The lowest BCUT2D eigenvalue weighted by Gasteiger charge is -2.08. The number of rotatable bonds is 9. The summed E-state index contributed by atoms with van der Waals surface area (Å²) in [5, 5.41) is 13.7. The maximum Gasteiger partial charge on any atom is 0.294 e. The molecule has 10 heteroatoms. The number of aromatic nitrogens is 2. The summed E-state index contributed by atoms with van der Waals surface area (Å²) in [7, 11) is -3.33. The molecule has 1 aromatic heterocycles. The van der Waals surface area contributed by atoms with E-state index in [1.807, 2.05) is 30.3 Å². The predicted octanol–water partition coefficient (Wildman–Crippen LogP) is 3.11. The number of carbonyl (C=O) groups is 1. The Morgan fingerprint density at radius 3 is 2.40 bits per heavy atom. The molecule has 0 spiro atoms. The van der Waals surface area contributed by atoms with E-state index in [0.717, 1.165) is 11.9 Å². The monoisotopic (exact) mass is 429 g/mol. The number of sulfone groups is 1. The maximum atomic E-state index is 12.5. The van der Waals surface area contributed by atoms with Gasteiger partial charge in [-0.05, 0) is 36.8 Å². The predicted molar refractivity (Wildman–Crippen MR) is 109 cm³/mol. The quantitative estimate of drug-likeness (QED) is 0.222. The van der Waals surface area contributed by atoms with Gasteiger partial charge in [-0.1, -0.05) is 30.3 Å². The third-order valence-corrected chi connectivity index (χ3v) is 5.45. The van der Waals surface area contributed by atoms with E-state index in [-0.39, 0.29) is 35.8 Å². The third kappa shape index (κ3) is 5.09. The van der Waals surface area contributed by atoms with Gasteiger partial charge in [0, 0.05) is 18.2 Å². The van der Waals surface area contributed by atoms with Crippen LogP contribution < -0.4 is 0 Å². The topological polar surface area (TPSA) is 121 Å². The fourth-order valence-electron chi connectivity index (χ4n) is 2.86. The highest BCUT2D eigenvalue weighted by atomic mass is 32.2. The summed E-state index contributed by atoms with van der Waals surface area (Å²) in [6.45, 7) is -0.169. The summed E-state index contributed by atoms with van der Waals surface area (Å²) in [6.07, 6.45) is 1.37. The first-order valence-electron chi connectivity index (χ1n) is 9.02. The van der Waals surface area contributed by atoms with Crippen molar-refractivity contribution in [1.29, 1.82) is 0 Å². The van der Waals surface area contributed by atoms with Crippen molar-refractivity contribution in [3.8, 4) is 16.9 Å². The van der Waals surface area contributed by atoms with Crippen molar-refractivity contribution >= 4 is 15.6 Å². The molecule has 0 aliphatic carbocycles. The molecule has 0 fully saturated rings. The van der Waals surface area contributed by atoms with Gasteiger partial charge in [0.25, 0.3) is 5.09 Å². The fourth-order valence-corrected chi connectivity index (χ4v) is 3.49. The van der Waals surface area contributed by atoms with Crippen LogP contribution in [0.3, 0.4) is 0 Å². The van der Waals surface area contributed by atoms with Gasteiger partial charge in [0.15, 0.2) is 15.6 Å². The molecule has 30 heavy (non-hydrogen) atoms. The van der Waals surface area contributed by atoms with Gasteiger partial charge in [-0.15, -0.1) is 10.1 Å². The second kappa shape index (κ2) is 8.87. The summed E-state index contributed by atoms with van der Waals surface area (Å²) in [4.78, 5) is 27.2. The normalized spacial score (nSPS) is 11.2. The maximum absolute atomic E-state index is 12.5. The number of carbonyl (C=O) groups excluding carboxylic acids is 1. The molecule has 0 aliphatic heterocycles. The molecule has 0 saturated heterocycles. The van der Waals surface area contributed by atoms with E-state index in [4.69, 9.17) is 0 Å². The second-order valence-electron chi connectivity index (χ2n) is 6.54. The average molecular weight is 429 g/mol. The van der Waals surface area contributed by atoms with E-state index in [0.29, 0.717) is 11.3 Å². The number of ketones is 1. The zero-order valence-electron chi connectivity index (χ0n) is 16.1. The first-order chi connectivity index (χ1) is 14.3. The average Bonchev–Trinajstić information content (AvgIpc) is 3.16. The zero-order valence-corrected chi connectivity index (χ0v) is 16.9. The second-order valence-corrected chi connectivity index (χ2v) is 8.56. The van der Waals surface area contributed by atoms with Crippen LogP contribution in [-0.4, -0.2) is 41.9 Å². The molecule has 0 bridgehead atoms. The van der Waals surface area contributed by atoms with Gasteiger partial charge in [-0.2, -0.15) is 5.10 Å². The van der Waals surface area contributed by atoms with E-state index in [1.165, 1.54) is 12.1 Å². The van der Waals surface area contributed by atoms with Crippen LogP contribution in [0.5, 0.6) is 0 Å². The van der Waals surface area contributed by atoms with E-state index < -0.39 is 14.9 Å². The first kappa shape index (κ1) is 21.2. The number of nitrogens with zero attached hydrogens (tertiary/aromatic N) is 3. The molecule has 3 rings (SSSR count). The lowest BCUT2D eigenvalue weighted by molar-refractivity contribution is -0.757. The molecule has 2 aromatic carbocycles. The van der Waals surface area contributed by atoms with Crippen molar-refractivity contribution in [2.24, 2.45) is 0 Å². The van der Waals surface area contributed by atoms with Gasteiger partial charge in [-0.3, -0.25) is 4.79 Å². The molecule has 9 nitrogen and oxygen atoms in total. The zero-order chi connectivity index (χ0) is 21.7. The van der Waals surface area contributed by atoms with Crippen molar-refractivity contribution < 1.29 is 23.1 Å². The van der Waals surface area contributed by atoms with Crippen LogP contribution in [0, 0.1) is 10.1 Å². The first-order valence-corrected chi connectivity index (χ1v) is 10.9. The molecule has 0 N–H and O–H groups in total. The molecule has 1 heterocycles. The lowest BCUT2D eigenvalue weighted by atomic mass is 10.1. The Hall–Kier alpha value is -3.53. The van der Waals surface area contributed by atoms with Crippen LogP contribution >= 0.6 is 0 Å². The third-order valence-electron chi connectivity index (χ3n) is 4.32. The Morgan fingerprint density at radius 2 is 1.80 bits per heavy atom. The van der Waals surface area contributed by atoms with E-state index >= 15 is 0 Å². The van der Waals surface area contributed by atoms with Gasteiger partial charge in [0.05, 0.1) is 22.9 Å². The SMILES string of the molecule is CS(=O)(=O)c1ccc(-c2cc(C(=O)CCCO[N+](=O)[O-])nn2-c2ccccc2)cc1. The molecule has 156 valence electrons. The minimum Gasteiger partial charge on any atom is -0.314 e. The summed E-state index contributed by atoms with van der Waals surface area (Å²) in [5.41, 5.74) is 2.25. The van der Waals surface area contributed by atoms with Gasteiger partial charge in [0.2, 0.25) is 0 Å². The molecule has 0 atom stereocenters. The van der Waals surface area contributed by atoms with Crippen LogP contribution in [0.4, 0.5) is 0 Å². The number of Topliss-reactive ketones (excluding diaryl/α,β-unsaturated/α-hetero) is 1. The Morgan fingerprint density at radius 1 is 1.13 bits per heavy atom. The van der Waals surface area contributed by atoms with E-state index in [2.05, 4.69) is 9.94 Å². The van der Waals surface area contributed by atoms with Gasteiger partial charge < -0.3 is 4.84 Å². The van der Waals surface area contributed by atoms with E-state index in [9.17, 15) is 23.3 Å². The van der Waals surface area contributed by atoms with Crippen LogP contribution in [-0.2, 0) is 14.7 Å². The Labute approximate surface area is 172 Å². The van der Waals surface area contributed by atoms with Crippen molar-refractivity contribution in [2.75, 3.05) is 12.9 Å². The fraction of sp³-hybridized carbons (Fsp3) is 0.200. The smallest absolute Gasteiger partial charge is 0.294 e. The van der Waals surface area contributed by atoms with Gasteiger partial charge in [-0.25, -0.2) is 13.1 Å². The summed E-state index contributed by atoms with van der Waals surface area (Å²) in [6, 6.07) is 17.1. The minimum absolute atomic E-state index is 0.0477. The Bertz CT molecular complexity index is 1160. The largest absolute Gasteiger partial charge is 0.314 e. The standard InChI is InChI=1S/C20H19N3O6S/c1-30(27,28)17-11-9-15(10-12-17)19-14-18(20(24)8-5-13-29-23(25)26)21-22(19)16-6-3-2-4-7-16/h2-4,6-7,9-12,14H,5,8,13H2,1H3. The van der Waals surface area contributed by atoms with Crippen LogP contribution in [0.25, 0.3) is 16.9 Å². The number of hydrogen-bond acceptors (Lipinski definition) is 7. The summed E-state index contributed by atoms with van der Waals surface area (Å²) >= 11 is 0. The molecule has 0 amide bonds. The van der Waals surface area contributed by atoms with Gasteiger partial charge >= 0.3 is 0 Å². The summed E-state index contributed by atoms with van der Waals surface area (Å²) in [5.74, 6) is -0.273. The highest BCUT2D eigenvalue weighted by Crippen LogP contribution is 2.26.